The Kier molecular flexibility index (Phi) is 10.2. The molecular weight excluding hydrogens is 606 g/mol. The van der Waals surface area contributed by atoms with Crippen molar-refractivity contribution < 1.29 is 22.7 Å². The summed E-state index contributed by atoms with van der Waals surface area (Å²) in [7, 11) is -2.40. The highest BCUT2D eigenvalue weighted by molar-refractivity contribution is 9.10. The molecule has 2 fully saturated rings. The Morgan fingerprint density at radius 2 is 1.90 bits per heavy atom. The SMILES string of the molecule is CCCCN(Cc1cccn1Cc1ccc(Br)cc1)C(=O)CN(CCOC)S(=O)(=O)CC12CCC(CC1=O)C2(C)C. The average molecular weight is 651 g/mol. The number of sulfonamides is 1. The quantitative estimate of drug-likeness (QED) is 0.268. The molecule has 1 heterocycles. The summed E-state index contributed by atoms with van der Waals surface area (Å²) in [6.07, 6.45) is 5.64. The Hall–Kier alpha value is -2.01. The van der Waals surface area contributed by atoms with E-state index in [0.717, 1.165) is 35.0 Å². The van der Waals surface area contributed by atoms with E-state index in [9.17, 15) is 18.0 Å². The highest BCUT2D eigenvalue weighted by Crippen LogP contribution is 2.64. The summed E-state index contributed by atoms with van der Waals surface area (Å²) in [6.45, 7) is 7.71. The van der Waals surface area contributed by atoms with E-state index in [-0.39, 0.29) is 48.5 Å². The van der Waals surface area contributed by atoms with Gasteiger partial charge in [0, 0.05) is 54.9 Å². The lowest BCUT2D eigenvalue weighted by molar-refractivity contribution is -0.132. The molecule has 8 nitrogen and oxygen atoms in total. The van der Waals surface area contributed by atoms with Gasteiger partial charge in [-0.05, 0) is 60.4 Å². The molecule has 10 heteroatoms. The van der Waals surface area contributed by atoms with Crippen molar-refractivity contribution in [3.8, 4) is 0 Å². The molecule has 1 amide bonds. The van der Waals surface area contributed by atoms with Crippen LogP contribution in [0.1, 0.15) is 64.1 Å². The second-order valence-corrected chi connectivity index (χ2v) is 15.1. The lowest BCUT2D eigenvalue weighted by atomic mass is 9.70. The van der Waals surface area contributed by atoms with E-state index in [1.54, 1.807) is 4.90 Å². The van der Waals surface area contributed by atoms with Gasteiger partial charge in [0.15, 0.2) is 0 Å². The maximum Gasteiger partial charge on any atom is 0.238 e. The molecule has 226 valence electrons. The number of nitrogens with zero attached hydrogens (tertiary/aromatic N) is 3. The molecule has 1 aromatic carbocycles. The van der Waals surface area contributed by atoms with Gasteiger partial charge in [0.05, 0.1) is 25.4 Å². The topological polar surface area (TPSA) is 88.9 Å². The number of hydrogen-bond acceptors (Lipinski definition) is 5. The molecule has 41 heavy (non-hydrogen) atoms. The van der Waals surface area contributed by atoms with Crippen LogP contribution in [0.3, 0.4) is 0 Å². The first-order valence-corrected chi connectivity index (χ1v) is 17.0. The molecule has 2 aromatic rings. The maximum atomic E-state index is 13.9. The van der Waals surface area contributed by atoms with E-state index in [1.807, 2.05) is 44.3 Å². The third-order valence-corrected chi connectivity index (χ3v) is 12.0. The van der Waals surface area contributed by atoms with Crippen molar-refractivity contribution in [1.29, 1.82) is 0 Å². The second kappa shape index (κ2) is 13.1. The van der Waals surface area contributed by atoms with Crippen LogP contribution in [0.2, 0.25) is 0 Å². The Balaban J connectivity index is 1.52. The summed E-state index contributed by atoms with van der Waals surface area (Å²) in [4.78, 5) is 28.7. The van der Waals surface area contributed by atoms with E-state index in [1.165, 1.54) is 11.4 Å². The highest BCUT2D eigenvalue weighted by Gasteiger charge is 2.65. The van der Waals surface area contributed by atoms with Gasteiger partial charge in [0.25, 0.3) is 0 Å². The standard InChI is InChI=1S/C31H44BrN3O5S/c1-5-6-15-34(21-27-8-7-16-33(27)20-24-9-11-26(32)12-10-24)29(37)22-35(17-18-40-4)41(38,39)23-31-14-13-25(19-28(31)36)30(31,2)3/h7-12,16,25H,5-6,13-15,17-23H2,1-4H3. The van der Waals surface area contributed by atoms with Crippen LogP contribution in [0.4, 0.5) is 0 Å². The Labute approximate surface area is 253 Å². The van der Waals surface area contributed by atoms with E-state index >= 15 is 0 Å². The number of benzene rings is 1. The van der Waals surface area contributed by atoms with Crippen LogP contribution in [0.25, 0.3) is 0 Å². The van der Waals surface area contributed by atoms with Crippen molar-refractivity contribution in [2.24, 2.45) is 16.7 Å². The van der Waals surface area contributed by atoms with Gasteiger partial charge in [-0.2, -0.15) is 4.31 Å². The first kappa shape index (κ1) is 31.9. The van der Waals surface area contributed by atoms with Crippen LogP contribution in [-0.4, -0.2) is 73.0 Å². The third-order valence-electron chi connectivity index (χ3n) is 9.49. The fourth-order valence-electron chi connectivity index (χ4n) is 6.64. The minimum Gasteiger partial charge on any atom is -0.383 e. The Morgan fingerprint density at radius 1 is 1.17 bits per heavy atom. The number of carbonyl (C=O) groups is 2. The fraction of sp³-hybridized carbons (Fsp3) is 0.613. The molecule has 2 atom stereocenters. The number of hydrogen-bond donors (Lipinski definition) is 0. The van der Waals surface area contributed by atoms with Crippen LogP contribution in [0, 0.1) is 16.7 Å². The van der Waals surface area contributed by atoms with Crippen molar-refractivity contribution in [1.82, 2.24) is 13.8 Å². The molecular formula is C31H44BrN3O5S. The Morgan fingerprint density at radius 3 is 2.51 bits per heavy atom. The van der Waals surface area contributed by atoms with Crippen LogP contribution in [-0.2, 0) is 37.4 Å². The molecule has 2 unspecified atom stereocenters. The van der Waals surface area contributed by atoms with Gasteiger partial charge in [-0.25, -0.2) is 8.42 Å². The van der Waals surface area contributed by atoms with E-state index in [4.69, 9.17) is 4.74 Å². The number of rotatable bonds is 15. The predicted octanol–water partition coefficient (Wildman–Crippen LogP) is 5.10. The maximum absolute atomic E-state index is 13.9. The molecule has 0 radical (unpaired) electrons. The number of methoxy groups -OCH3 is 1. The minimum atomic E-state index is -3.91. The lowest BCUT2D eigenvalue weighted by Crippen LogP contribution is -2.50. The summed E-state index contributed by atoms with van der Waals surface area (Å²) in [6, 6.07) is 12.1. The van der Waals surface area contributed by atoms with Gasteiger partial charge >= 0.3 is 0 Å². The van der Waals surface area contributed by atoms with Crippen LogP contribution >= 0.6 is 15.9 Å². The zero-order valence-corrected chi connectivity index (χ0v) is 27.2. The monoisotopic (exact) mass is 649 g/mol. The second-order valence-electron chi connectivity index (χ2n) is 12.2. The normalized spacial score (nSPS) is 21.6. The van der Waals surface area contributed by atoms with Crippen molar-refractivity contribution in [3.05, 3.63) is 58.3 Å². The highest BCUT2D eigenvalue weighted by atomic mass is 79.9. The predicted molar refractivity (Wildman–Crippen MR) is 164 cm³/mol. The van der Waals surface area contributed by atoms with Gasteiger partial charge in [-0.1, -0.05) is 55.3 Å². The molecule has 0 N–H and O–H groups in total. The molecule has 2 bridgehead atoms. The number of ether oxygens (including phenoxy) is 1. The van der Waals surface area contributed by atoms with E-state index in [0.29, 0.717) is 32.5 Å². The number of Topliss-reactive ketones (excluding diaryl/α,β-unsaturated/α-hetero) is 1. The number of fused-ring (bicyclic) bond motifs is 2. The largest absolute Gasteiger partial charge is 0.383 e. The van der Waals surface area contributed by atoms with Crippen molar-refractivity contribution in [2.75, 3.05) is 39.1 Å². The number of carbonyl (C=O) groups excluding carboxylic acids is 2. The summed E-state index contributed by atoms with van der Waals surface area (Å²) in [5, 5.41) is 0. The van der Waals surface area contributed by atoms with Gasteiger partial charge < -0.3 is 14.2 Å². The summed E-state index contributed by atoms with van der Waals surface area (Å²) in [5.74, 6) is -0.216. The molecule has 2 saturated carbocycles. The third kappa shape index (κ3) is 6.81. The van der Waals surface area contributed by atoms with Gasteiger partial charge in [0.1, 0.15) is 5.78 Å². The van der Waals surface area contributed by atoms with Crippen LogP contribution in [0.5, 0.6) is 0 Å². The number of halogens is 1. The average Bonchev–Trinajstić information content (AvgIpc) is 3.51. The molecule has 2 aliphatic carbocycles. The zero-order chi connectivity index (χ0) is 29.8. The molecule has 0 aliphatic heterocycles. The van der Waals surface area contributed by atoms with Crippen molar-refractivity contribution >= 4 is 37.6 Å². The number of ketones is 1. The lowest BCUT2D eigenvalue weighted by Gasteiger charge is -2.37. The zero-order valence-electron chi connectivity index (χ0n) is 24.8. The summed E-state index contributed by atoms with van der Waals surface area (Å²) >= 11 is 3.48. The summed E-state index contributed by atoms with van der Waals surface area (Å²) < 4.78 is 37.5. The molecule has 1 aromatic heterocycles. The first-order chi connectivity index (χ1) is 19.4. The van der Waals surface area contributed by atoms with E-state index in [2.05, 4.69) is 39.6 Å². The number of amides is 1. The minimum absolute atomic E-state index is 0.0523. The van der Waals surface area contributed by atoms with E-state index < -0.39 is 15.4 Å². The van der Waals surface area contributed by atoms with Gasteiger partial charge in [0.2, 0.25) is 15.9 Å². The molecule has 4 rings (SSSR count). The van der Waals surface area contributed by atoms with Crippen LogP contribution < -0.4 is 0 Å². The first-order valence-electron chi connectivity index (χ1n) is 14.6. The van der Waals surface area contributed by atoms with Crippen molar-refractivity contribution in [2.45, 2.75) is 66.0 Å². The Bertz CT molecular complexity index is 1320. The molecule has 0 spiro atoms. The number of aromatic nitrogens is 1. The van der Waals surface area contributed by atoms with Crippen molar-refractivity contribution in [3.63, 3.8) is 0 Å². The molecule has 2 aliphatic rings. The van der Waals surface area contributed by atoms with Crippen LogP contribution in [0.15, 0.2) is 47.1 Å². The fourth-order valence-corrected chi connectivity index (χ4v) is 9.05. The van der Waals surface area contributed by atoms with Gasteiger partial charge in [-0.15, -0.1) is 0 Å². The van der Waals surface area contributed by atoms with Gasteiger partial charge in [-0.3, -0.25) is 9.59 Å². The number of unbranched alkanes of at least 4 members (excludes halogenated alkanes) is 1. The smallest absolute Gasteiger partial charge is 0.238 e. The molecule has 0 saturated heterocycles. The summed E-state index contributed by atoms with van der Waals surface area (Å²) in [5.41, 5.74) is 0.868.